The molecule has 0 amide bonds. The average Bonchev–Trinajstić information content (AvgIpc) is 3.00. The van der Waals surface area contributed by atoms with Crippen LogP contribution in [-0.4, -0.2) is 23.1 Å². The molecule has 1 aromatic carbocycles. The lowest BCUT2D eigenvalue weighted by Crippen LogP contribution is -2.30. The number of halogens is 1. The van der Waals surface area contributed by atoms with Crippen LogP contribution in [0.2, 0.25) is 5.02 Å². The molecule has 6 heteroatoms. The van der Waals surface area contributed by atoms with E-state index in [0.29, 0.717) is 0 Å². The topological polar surface area (TPSA) is 38.2 Å². The van der Waals surface area contributed by atoms with Crippen LogP contribution in [0.15, 0.2) is 36.7 Å². The third-order valence-electron chi connectivity index (χ3n) is 3.66. The van der Waals surface area contributed by atoms with E-state index in [0.717, 1.165) is 57.5 Å². The fraction of sp³-hybridized carbons (Fsp3) is 0.250. The standard InChI is InChI=1S/C16H14ClN3OS/c17-12-5-3-11(4-6-12)14-9-13-15(22-14)16(19-10-18-13)20-7-1-2-8-21-20/h3-6,9-10H,1-2,7-8H2. The molecule has 3 heterocycles. The highest BCUT2D eigenvalue weighted by Crippen LogP contribution is 2.37. The Hall–Kier alpha value is -1.69. The molecule has 4 rings (SSSR count). The number of fused-ring (bicyclic) bond motifs is 1. The van der Waals surface area contributed by atoms with E-state index in [1.54, 1.807) is 17.7 Å². The van der Waals surface area contributed by atoms with Gasteiger partial charge in [0.25, 0.3) is 0 Å². The maximum atomic E-state index is 5.96. The average molecular weight is 332 g/mol. The van der Waals surface area contributed by atoms with Gasteiger partial charge in [-0.1, -0.05) is 23.7 Å². The quantitative estimate of drug-likeness (QED) is 0.690. The van der Waals surface area contributed by atoms with Crippen LogP contribution >= 0.6 is 22.9 Å². The molecule has 4 nitrogen and oxygen atoms in total. The normalized spacial score (nSPS) is 15.4. The third-order valence-corrected chi connectivity index (χ3v) is 5.08. The molecule has 0 saturated carbocycles. The van der Waals surface area contributed by atoms with E-state index in [1.165, 1.54) is 0 Å². The van der Waals surface area contributed by atoms with Crippen LogP contribution in [0.25, 0.3) is 20.7 Å². The highest BCUT2D eigenvalue weighted by Gasteiger charge is 2.18. The van der Waals surface area contributed by atoms with Crippen molar-refractivity contribution in [1.29, 1.82) is 0 Å². The molecular formula is C16H14ClN3OS. The van der Waals surface area contributed by atoms with Crippen LogP contribution in [0.1, 0.15) is 12.8 Å². The van der Waals surface area contributed by atoms with E-state index in [-0.39, 0.29) is 0 Å². The summed E-state index contributed by atoms with van der Waals surface area (Å²) in [5, 5.41) is 2.64. The molecule has 112 valence electrons. The molecule has 22 heavy (non-hydrogen) atoms. The summed E-state index contributed by atoms with van der Waals surface area (Å²) >= 11 is 7.65. The summed E-state index contributed by atoms with van der Waals surface area (Å²) in [6.45, 7) is 1.63. The number of benzene rings is 1. The van der Waals surface area contributed by atoms with E-state index in [4.69, 9.17) is 16.4 Å². The van der Waals surface area contributed by atoms with Gasteiger partial charge in [-0.05, 0) is 36.6 Å². The highest BCUT2D eigenvalue weighted by atomic mass is 35.5. The van der Waals surface area contributed by atoms with Crippen molar-refractivity contribution in [2.24, 2.45) is 0 Å². The fourth-order valence-electron chi connectivity index (χ4n) is 2.54. The maximum Gasteiger partial charge on any atom is 0.173 e. The second-order valence-electron chi connectivity index (χ2n) is 5.17. The third kappa shape index (κ3) is 2.56. The molecule has 1 aliphatic heterocycles. The Kier molecular flexibility index (Phi) is 3.70. The number of thiophene rings is 1. The second-order valence-corrected chi connectivity index (χ2v) is 6.66. The van der Waals surface area contributed by atoms with Crippen molar-refractivity contribution in [1.82, 2.24) is 9.97 Å². The highest BCUT2D eigenvalue weighted by molar-refractivity contribution is 7.22. The number of rotatable bonds is 2. The Balaban J connectivity index is 1.78. The first-order chi connectivity index (χ1) is 10.8. The van der Waals surface area contributed by atoms with Gasteiger partial charge in [0.15, 0.2) is 5.82 Å². The molecule has 0 atom stereocenters. The maximum absolute atomic E-state index is 5.96. The van der Waals surface area contributed by atoms with Gasteiger partial charge in [0, 0.05) is 16.4 Å². The molecule has 0 spiro atoms. The fourth-order valence-corrected chi connectivity index (χ4v) is 3.77. The Morgan fingerprint density at radius 2 is 2.00 bits per heavy atom. The SMILES string of the molecule is Clc1ccc(-c2cc3ncnc(N4CCCCO4)c3s2)cc1. The Morgan fingerprint density at radius 1 is 1.14 bits per heavy atom. The van der Waals surface area contributed by atoms with Gasteiger partial charge < -0.3 is 0 Å². The minimum atomic E-state index is 0.743. The molecule has 0 N–H and O–H groups in total. The number of hydroxylamine groups is 1. The summed E-state index contributed by atoms with van der Waals surface area (Å²) in [7, 11) is 0. The zero-order chi connectivity index (χ0) is 14.9. The van der Waals surface area contributed by atoms with Crippen molar-refractivity contribution in [3.8, 4) is 10.4 Å². The summed E-state index contributed by atoms with van der Waals surface area (Å²) in [5.74, 6) is 0.870. The predicted molar refractivity (Wildman–Crippen MR) is 90.4 cm³/mol. The van der Waals surface area contributed by atoms with Gasteiger partial charge >= 0.3 is 0 Å². The first-order valence-electron chi connectivity index (χ1n) is 7.22. The van der Waals surface area contributed by atoms with Crippen LogP contribution in [0, 0.1) is 0 Å². The van der Waals surface area contributed by atoms with Crippen molar-refractivity contribution in [2.45, 2.75) is 12.8 Å². The van der Waals surface area contributed by atoms with Crippen molar-refractivity contribution < 1.29 is 4.84 Å². The molecule has 1 fully saturated rings. The van der Waals surface area contributed by atoms with Gasteiger partial charge in [0.1, 0.15) is 6.33 Å². The number of hydrogen-bond acceptors (Lipinski definition) is 5. The molecule has 0 radical (unpaired) electrons. The summed E-state index contributed by atoms with van der Waals surface area (Å²) in [5.41, 5.74) is 2.09. The minimum absolute atomic E-state index is 0.743. The van der Waals surface area contributed by atoms with Crippen LogP contribution in [0.3, 0.4) is 0 Å². The van der Waals surface area contributed by atoms with Crippen LogP contribution in [-0.2, 0) is 4.84 Å². The summed E-state index contributed by atoms with van der Waals surface area (Å²) in [6, 6.07) is 9.96. The van der Waals surface area contributed by atoms with Crippen molar-refractivity contribution in [3.63, 3.8) is 0 Å². The molecule has 0 aliphatic carbocycles. The minimum Gasteiger partial charge on any atom is -0.272 e. The van der Waals surface area contributed by atoms with E-state index < -0.39 is 0 Å². The van der Waals surface area contributed by atoms with E-state index in [9.17, 15) is 0 Å². The van der Waals surface area contributed by atoms with Crippen LogP contribution in [0.5, 0.6) is 0 Å². The summed E-state index contributed by atoms with van der Waals surface area (Å²) in [6.07, 6.45) is 3.83. The Morgan fingerprint density at radius 3 is 2.77 bits per heavy atom. The second kappa shape index (κ2) is 5.83. The monoisotopic (exact) mass is 331 g/mol. The van der Waals surface area contributed by atoms with Crippen molar-refractivity contribution in [2.75, 3.05) is 18.2 Å². The zero-order valence-electron chi connectivity index (χ0n) is 11.8. The molecule has 3 aromatic rings. The van der Waals surface area contributed by atoms with Crippen molar-refractivity contribution in [3.05, 3.63) is 41.7 Å². The lowest BCUT2D eigenvalue weighted by molar-refractivity contribution is 0.0768. The van der Waals surface area contributed by atoms with Gasteiger partial charge in [-0.3, -0.25) is 4.84 Å². The summed E-state index contributed by atoms with van der Waals surface area (Å²) < 4.78 is 1.06. The van der Waals surface area contributed by atoms with Gasteiger partial charge in [-0.15, -0.1) is 11.3 Å². The zero-order valence-corrected chi connectivity index (χ0v) is 13.4. The number of anilines is 1. The number of hydrogen-bond donors (Lipinski definition) is 0. The summed E-state index contributed by atoms with van der Waals surface area (Å²) in [4.78, 5) is 15.7. The molecule has 0 bridgehead atoms. The lowest BCUT2D eigenvalue weighted by Gasteiger charge is -2.26. The largest absolute Gasteiger partial charge is 0.272 e. The number of aromatic nitrogens is 2. The van der Waals surface area contributed by atoms with E-state index >= 15 is 0 Å². The molecule has 1 saturated heterocycles. The predicted octanol–water partition coefficient (Wildman–Crippen LogP) is 4.54. The van der Waals surface area contributed by atoms with Gasteiger partial charge in [0.05, 0.1) is 16.8 Å². The Labute approximate surface area is 137 Å². The van der Waals surface area contributed by atoms with Crippen molar-refractivity contribution >= 4 is 39.0 Å². The number of nitrogens with zero attached hydrogens (tertiary/aromatic N) is 3. The van der Waals surface area contributed by atoms with E-state index in [2.05, 4.69) is 16.0 Å². The first kappa shape index (κ1) is 13.9. The van der Waals surface area contributed by atoms with Crippen LogP contribution in [0.4, 0.5) is 5.82 Å². The molecule has 0 unspecified atom stereocenters. The molecule has 1 aliphatic rings. The van der Waals surface area contributed by atoms with Gasteiger partial charge in [0.2, 0.25) is 0 Å². The lowest BCUT2D eigenvalue weighted by atomic mass is 10.2. The first-order valence-corrected chi connectivity index (χ1v) is 8.42. The van der Waals surface area contributed by atoms with E-state index in [1.807, 2.05) is 29.3 Å². The van der Waals surface area contributed by atoms with Crippen LogP contribution < -0.4 is 5.06 Å². The Bertz CT molecular complexity index is 797. The molecule has 2 aromatic heterocycles. The smallest absolute Gasteiger partial charge is 0.173 e. The molecular weight excluding hydrogens is 318 g/mol. The van der Waals surface area contributed by atoms with Gasteiger partial charge in [-0.25, -0.2) is 15.0 Å². The van der Waals surface area contributed by atoms with Gasteiger partial charge in [-0.2, -0.15) is 0 Å².